The Hall–Kier alpha value is -2.25. The van der Waals surface area contributed by atoms with E-state index in [0.717, 1.165) is 0 Å². The summed E-state index contributed by atoms with van der Waals surface area (Å²) >= 11 is 0. The zero-order valence-electron chi connectivity index (χ0n) is 11.9. The highest BCUT2D eigenvalue weighted by Gasteiger charge is 2.17. The van der Waals surface area contributed by atoms with Crippen molar-refractivity contribution in [3.63, 3.8) is 0 Å². The molecule has 0 fully saturated rings. The summed E-state index contributed by atoms with van der Waals surface area (Å²) in [6.07, 6.45) is 0.0809. The molecule has 0 heterocycles. The number of carbonyl (C=O) groups excluding carboxylic acids is 1. The van der Waals surface area contributed by atoms with Crippen LogP contribution in [0, 0.1) is 21.7 Å². The summed E-state index contributed by atoms with van der Waals surface area (Å²) in [5.74, 6) is -2.25. The zero-order chi connectivity index (χ0) is 16.0. The molecule has 0 saturated carbocycles. The fourth-order valence-electron chi connectivity index (χ4n) is 1.86. The van der Waals surface area contributed by atoms with E-state index in [1.54, 1.807) is 4.90 Å². The monoisotopic (exact) mass is 301 g/mol. The Kier molecular flexibility index (Phi) is 6.01. The van der Waals surface area contributed by atoms with Crippen molar-refractivity contribution in [2.45, 2.75) is 20.3 Å². The summed E-state index contributed by atoms with van der Waals surface area (Å²) in [7, 11) is 0. The van der Waals surface area contributed by atoms with E-state index >= 15 is 0 Å². The molecule has 1 rings (SSSR count). The largest absolute Gasteiger partial charge is 0.380 e. The van der Waals surface area contributed by atoms with E-state index in [1.807, 2.05) is 13.8 Å². The Morgan fingerprint density at radius 3 is 2.24 bits per heavy atom. The first kappa shape index (κ1) is 16.8. The van der Waals surface area contributed by atoms with Gasteiger partial charge in [-0.2, -0.15) is 0 Å². The fraction of sp³-hybridized carbons (Fsp3) is 0.462. The highest BCUT2D eigenvalue weighted by Crippen LogP contribution is 2.24. The van der Waals surface area contributed by atoms with Gasteiger partial charge >= 0.3 is 0 Å². The Morgan fingerprint density at radius 1 is 1.29 bits per heavy atom. The summed E-state index contributed by atoms with van der Waals surface area (Å²) in [5, 5.41) is 12.9. The molecular formula is C13H17F2N3O3. The lowest BCUT2D eigenvalue weighted by molar-refractivity contribution is -0.385. The van der Waals surface area contributed by atoms with E-state index in [0.29, 0.717) is 25.2 Å². The number of benzene rings is 1. The molecule has 0 bridgehead atoms. The highest BCUT2D eigenvalue weighted by molar-refractivity contribution is 5.76. The molecule has 1 aromatic rings. The van der Waals surface area contributed by atoms with Crippen LogP contribution in [0.2, 0.25) is 0 Å². The van der Waals surface area contributed by atoms with Gasteiger partial charge in [0.2, 0.25) is 5.91 Å². The predicted molar refractivity (Wildman–Crippen MR) is 74.0 cm³/mol. The predicted octanol–water partition coefficient (Wildman–Crippen LogP) is 2.54. The molecule has 116 valence electrons. The maximum Gasteiger partial charge on any atom is 0.275 e. The van der Waals surface area contributed by atoms with Gasteiger partial charge in [0, 0.05) is 26.1 Å². The first-order chi connectivity index (χ1) is 9.90. The number of nitrogens with one attached hydrogen (secondary N) is 1. The molecule has 1 N–H and O–H groups in total. The molecule has 0 aliphatic rings. The van der Waals surface area contributed by atoms with Crippen LogP contribution in [0.25, 0.3) is 0 Å². The molecule has 0 atom stereocenters. The maximum atomic E-state index is 13.6. The average molecular weight is 301 g/mol. The second-order valence-electron chi connectivity index (χ2n) is 4.28. The van der Waals surface area contributed by atoms with Gasteiger partial charge < -0.3 is 10.2 Å². The number of nitrogens with zero attached hydrogens (tertiary/aromatic N) is 2. The smallest absolute Gasteiger partial charge is 0.275 e. The molecule has 21 heavy (non-hydrogen) atoms. The standard InChI is InChI=1S/C13H17F2N3O3/c1-3-17(4-2)12(19)5-6-16-13-10(14)7-9(18(20)21)8-11(13)15/h7-8,16H,3-6H2,1-2H3. The number of non-ortho nitro benzene ring substituents is 1. The maximum absolute atomic E-state index is 13.6. The summed E-state index contributed by atoms with van der Waals surface area (Å²) in [6, 6.07) is 1.27. The molecule has 0 aliphatic heterocycles. The summed E-state index contributed by atoms with van der Waals surface area (Å²) in [6.45, 7) is 4.85. The van der Waals surface area contributed by atoms with Crippen LogP contribution in [0.3, 0.4) is 0 Å². The minimum Gasteiger partial charge on any atom is -0.380 e. The van der Waals surface area contributed by atoms with E-state index in [2.05, 4.69) is 5.32 Å². The first-order valence-electron chi connectivity index (χ1n) is 6.55. The number of carbonyl (C=O) groups is 1. The Bertz CT molecular complexity index is 510. The number of nitro benzene ring substituents is 1. The minimum atomic E-state index is -1.06. The van der Waals surface area contributed by atoms with Crippen LogP contribution in [-0.2, 0) is 4.79 Å². The van der Waals surface area contributed by atoms with Gasteiger partial charge in [-0.05, 0) is 13.8 Å². The summed E-state index contributed by atoms with van der Waals surface area (Å²) in [5.41, 5.74) is -1.12. The van der Waals surface area contributed by atoms with Crippen molar-refractivity contribution in [3.05, 3.63) is 33.9 Å². The Morgan fingerprint density at radius 2 is 1.81 bits per heavy atom. The van der Waals surface area contributed by atoms with Gasteiger partial charge in [0.15, 0.2) is 11.6 Å². The van der Waals surface area contributed by atoms with Crippen LogP contribution in [-0.4, -0.2) is 35.4 Å². The molecule has 1 aromatic carbocycles. The van der Waals surface area contributed by atoms with Crippen LogP contribution < -0.4 is 5.32 Å². The molecule has 0 spiro atoms. The van der Waals surface area contributed by atoms with Gasteiger partial charge in [0.05, 0.1) is 17.1 Å². The van der Waals surface area contributed by atoms with Gasteiger partial charge in [-0.1, -0.05) is 0 Å². The van der Waals surface area contributed by atoms with E-state index < -0.39 is 27.9 Å². The van der Waals surface area contributed by atoms with Crippen LogP contribution in [0.15, 0.2) is 12.1 Å². The highest BCUT2D eigenvalue weighted by atomic mass is 19.1. The Labute approximate surface area is 120 Å². The molecule has 0 aromatic heterocycles. The van der Waals surface area contributed by atoms with Crippen LogP contribution in [0.4, 0.5) is 20.2 Å². The molecule has 0 radical (unpaired) electrons. The number of nitro groups is 1. The summed E-state index contributed by atoms with van der Waals surface area (Å²) in [4.78, 5) is 22.9. The van der Waals surface area contributed by atoms with Crippen molar-refractivity contribution in [3.8, 4) is 0 Å². The molecular weight excluding hydrogens is 284 g/mol. The fourth-order valence-corrected chi connectivity index (χ4v) is 1.86. The van der Waals surface area contributed by atoms with Crippen molar-refractivity contribution >= 4 is 17.3 Å². The van der Waals surface area contributed by atoms with E-state index in [4.69, 9.17) is 0 Å². The average Bonchev–Trinajstić information content (AvgIpc) is 2.42. The van der Waals surface area contributed by atoms with Gasteiger partial charge in [0.1, 0.15) is 5.69 Å². The molecule has 1 amide bonds. The normalized spacial score (nSPS) is 10.3. The quantitative estimate of drug-likeness (QED) is 0.620. The second kappa shape index (κ2) is 7.51. The van der Waals surface area contributed by atoms with E-state index in [1.165, 1.54) is 0 Å². The zero-order valence-corrected chi connectivity index (χ0v) is 11.9. The van der Waals surface area contributed by atoms with Gasteiger partial charge in [-0.3, -0.25) is 14.9 Å². The Balaban J connectivity index is 2.68. The third-order valence-electron chi connectivity index (χ3n) is 2.99. The third-order valence-corrected chi connectivity index (χ3v) is 2.99. The van der Waals surface area contributed by atoms with Crippen LogP contribution in [0.5, 0.6) is 0 Å². The number of hydrogen-bond donors (Lipinski definition) is 1. The van der Waals surface area contributed by atoms with Gasteiger partial charge in [-0.25, -0.2) is 8.78 Å². The molecule has 0 unspecified atom stereocenters. The van der Waals surface area contributed by atoms with Crippen LogP contribution in [0.1, 0.15) is 20.3 Å². The molecule has 6 nitrogen and oxygen atoms in total. The van der Waals surface area contributed by atoms with Crippen molar-refractivity contribution in [2.24, 2.45) is 0 Å². The topological polar surface area (TPSA) is 75.5 Å². The second-order valence-corrected chi connectivity index (χ2v) is 4.28. The number of anilines is 1. The van der Waals surface area contributed by atoms with Crippen molar-refractivity contribution in [2.75, 3.05) is 25.0 Å². The van der Waals surface area contributed by atoms with Gasteiger partial charge in [0.25, 0.3) is 5.69 Å². The summed E-state index contributed by atoms with van der Waals surface area (Å²) < 4.78 is 27.2. The number of hydrogen-bond acceptors (Lipinski definition) is 4. The van der Waals surface area contributed by atoms with Gasteiger partial charge in [-0.15, -0.1) is 0 Å². The number of amides is 1. The third kappa shape index (κ3) is 4.37. The van der Waals surface area contributed by atoms with Crippen molar-refractivity contribution in [1.29, 1.82) is 0 Å². The lowest BCUT2D eigenvalue weighted by Gasteiger charge is -2.18. The molecule has 0 saturated heterocycles. The lowest BCUT2D eigenvalue weighted by atomic mass is 10.2. The van der Waals surface area contributed by atoms with Crippen LogP contribution >= 0.6 is 0 Å². The molecule has 8 heteroatoms. The molecule has 0 aliphatic carbocycles. The van der Waals surface area contributed by atoms with E-state index in [-0.39, 0.29) is 18.9 Å². The SMILES string of the molecule is CCN(CC)C(=O)CCNc1c(F)cc([N+](=O)[O-])cc1F. The minimum absolute atomic E-state index is 0.0426. The first-order valence-corrected chi connectivity index (χ1v) is 6.55. The van der Waals surface area contributed by atoms with Crippen molar-refractivity contribution < 1.29 is 18.5 Å². The van der Waals surface area contributed by atoms with E-state index in [9.17, 15) is 23.7 Å². The number of halogens is 2. The lowest BCUT2D eigenvalue weighted by Crippen LogP contribution is -2.31. The number of rotatable bonds is 7. The van der Waals surface area contributed by atoms with Crippen molar-refractivity contribution in [1.82, 2.24) is 4.90 Å².